The van der Waals surface area contributed by atoms with E-state index in [4.69, 9.17) is 9.84 Å². The zero-order chi connectivity index (χ0) is 19.1. The van der Waals surface area contributed by atoms with Gasteiger partial charge in [0.05, 0.1) is 12.2 Å². The minimum atomic E-state index is -0.811. The molecule has 27 heavy (non-hydrogen) atoms. The molecule has 0 saturated heterocycles. The predicted octanol–water partition coefficient (Wildman–Crippen LogP) is 4.24. The average molecular weight is 381 g/mol. The highest BCUT2D eigenvalue weighted by molar-refractivity contribution is 7.99. The van der Waals surface area contributed by atoms with E-state index in [9.17, 15) is 4.79 Å². The maximum Gasteiger partial charge on any atom is 0.303 e. The van der Waals surface area contributed by atoms with Crippen molar-refractivity contribution >= 4 is 17.7 Å². The summed E-state index contributed by atoms with van der Waals surface area (Å²) in [6, 6.07) is 14.4. The Morgan fingerprint density at radius 2 is 2.15 bits per heavy atom. The van der Waals surface area contributed by atoms with Crippen molar-refractivity contribution in [2.24, 2.45) is 0 Å². The average Bonchev–Trinajstić information content (AvgIpc) is 2.68. The Balaban J connectivity index is 1.78. The number of thioether (sulfide) groups is 1. The number of carboxylic acid groups (broad SMARTS) is 1. The third-order valence-electron chi connectivity index (χ3n) is 4.37. The number of hydrogen-bond donors (Lipinski definition) is 2. The van der Waals surface area contributed by atoms with Gasteiger partial charge in [0.2, 0.25) is 0 Å². The fraction of sp³-hybridized carbons (Fsp3) is 0.318. The number of nitrogens with one attached hydrogen (secondary N) is 1. The van der Waals surface area contributed by atoms with Gasteiger partial charge in [-0.15, -0.1) is 11.8 Å². The summed E-state index contributed by atoms with van der Waals surface area (Å²) in [6.07, 6.45) is 1.23. The first-order valence-corrected chi connectivity index (χ1v) is 10.1. The van der Waals surface area contributed by atoms with Crippen LogP contribution in [0.4, 0.5) is 0 Å². The van der Waals surface area contributed by atoms with Gasteiger partial charge in [-0.25, -0.2) is 0 Å². The molecule has 3 rings (SSSR count). The minimum absolute atomic E-state index is 0.0808. The molecule has 140 valence electrons. The van der Waals surface area contributed by atoms with Crippen molar-refractivity contribution in [1.82, 2.24) is 5.32 Å². The Hall–Kier alpha value is -2.42. The molecule has 0 aromatic heterocycles. The topological polar surface area (TPSA) is 58.6 Å². The van der Waals surface area contributed by atoms with Crippen molar-refractivity contribution < 1.29 is 14.6 Å². The van der Waals surface area contributed by atoms with Crippen molar-refractivity contribution in [3.8, 4) is 17.6 Å². The fourth-order valence-electron chi connectivity index (χ4n) is 3.10. The van der Waals surface area contributed by atoms with E-state index in [1.165, 1.54) is 10.5 Å². The molecule has 2 N–H and O–H groups in total. The van der Waals surface area contributed by atoms with Crippen LogP contribution in [-0.2, 0) is 11.2 Å². The van der Waals surface area contributed by atoms with Crippen LogP contribution in [0.15, 0.2) is 47.4 Å². The fourth-order valence-corrected chi connectivity index (χ4v) is 4.09. The predicted molar refractivity (Wildman–Crippen MR) is 108 cm³/mol. The number of carboxylic acids is 1. The summed E-state index contributed by atoms with van der Waals surface area (Å²) in [7, 11) is 0. The summed E-state index contributed by atoms with van der Waals surface area (Å²) < 4.78 is 5.78. The summed E-state index contributed by atoms with van der Waals surface area (Å²) in [6.45, 7) is 2.44. The van der Waals surface area contributed by atoms with E-state index in [1.807, 2.05) is 36.9 Å². The monoisotopic (exact) mass is 381 g/mol. The lowest BCUT2D eigenvalue weighted by atomic mass is 10.0. The van der Waals surface area contributed by atoms with Gasteiger partial charge in [0, 0.05) is 29.7 Å². The number of para-hydroxylation sites is 1. The molecule has 1 unspecified atom stereocenters. The first kappa shape index (κ1) is 19.3. The minimum Gasteiger partial charge on any atom is -0.492 e. The molecule has 1 aliphatic rings. The Labute approximate surface area is 164 Å². The maximum atomic E-state index is 10.9. The van der Waals surface area contributed by atoms with Crippen LogP contribution in [0.1, 0.15) is 42.5 Å². The molecule has 1 aliphatic heterocycles. The Morgan fingerprint density at radius 3 is 2.96 bits per heavy atom. The van der Waals surface area contributed by atoms with E-state index in [0.29, 0.717) is 25.2 Å². The summed E-state index contributed by atoms with van der Waals surface area (Å²) in [5.74, 6) is 7.31. The number of fused-ring (bicyclic) bond motifs is 1. The van der Waals surface area contributed by atoms with Crippen molar-refractivity contribution in [2.45, 2.75) is 37.1 Å². The number of aliphatic carboxylic acids is 1. The van der Waals surface area contributed by atoms with Gasteiger partial charge < -0.3 is 9.84 Å². The van der Waals surface area contributed by atoms with Crippen LogP contribution in [-0.4, -0.2) is 23.6 Å². The standard InChI is InChI=1S/C22H23NO3S/c1-2-26-22-16(7-5-8-17(22)13-14-21(24)25)9-6-11-19-18-10-3-4-12-20(18)27-15-23-19/h3-5,7-8,10,12,19,23H,2,11,13-15H2,1H3,(H,24,25). The molecule has 4 nitrogen and oxygen atoms in total. The molecule has 0 amide bonds. The molecule has 0 saturated carbocycles. The molecule has 2 aromatic rings. The first-order chi connectivity index (χ1) is 13.2. The molecule has 1 heterocycles. The van der Waals surface area contributed by atoms with Crippen LogP contribution in [0, 0.1) is 11.8 Å². The highest BCUT2D eigenvalue weighted by Crippen LogP contribution is 2.33. The van der Waals surface area contributed by atoms with E-state index < -0.39 is 5.97 Å². The van der Waals surface area contributed by atoms with Crippen LogP contribution >= 0.6 is 11.8 Å². The van der Waals surface area contributed by atoms with Crippen LogP contribution in [0.25, 0.3) is 0 Å². The van der Waals surface area contributed by atoms with E-state index in [2.05, 4.69) is 41.4 Å². The van der Waals surface area contributed by atoms with Crippen LogP contribution in [0.5, 0.6) is 5.75 Å². The van der Waals surface area contributed by atoms with Gasteiger partial charge in [-0.1, -0.05) is 42.2 Å². The van der Waals surface area contributed by atoms with Gasteiger partial charge in [-0.05, 0) is 36.6 Å². The Kier molecular flexibility index (Phi) is 6.80. The number of hydrogen-bond acceptors (Lipinski definition) is 4. The van der Waals surface area contributed by atoms with Gasteiger partial charge in [-0.3, -0.25) is 10.1 Å². The van der Waals surface area contributed by atoms with Gasteiger partial charge in [0.25, 0.3) is 0 Å². The second kappa shape index (κ2) is 9.50. The Bertz CT molecular complexity index is 869. The van der Waals surface area contributed by atoms with E-state index in [1.54, 1.807) is 0 Å². The summed E-state index contributed by atoms with van der Waals surface area (Å²) in [4.78, 5) is 12.2. The van der Waals surface area contributed by atoms with Crippen LogP contribution in [0.2, 0.25) is 0 Å². The van der Waals surface area contributed by atoms with Crippen LogP contribution < -0.4 is 10.1 Å². The van der Waals surface area contributed by atoms with Crippen LogP contribution in [0.3, 0.4) is 0 Å². The lowest BCUT2D eigenvalue weighted by Gasteiger charge is -2.24. The van der Waals surface area contributed by atoms with Gasteiger partial charge in [0.15, 0.2) is 0 Å². The molecular formula is C22H23NO3S. The largest absolute Gasteiger partial charge is 0.492 e. The molecular weight excluding hydrogens is 358 g/mol. The van der Waals surface area contributed by atoms with Crippen molar-refractivity contribution in [2.75, 3.05) is 12.5 Å². The number of rotatable bonds is 6. The third-order valence-corrected chi connectivity index (χ3v) is 5.37. The second-order valence-corrected chi connectivity index (χ2v) is 7.23. The maximum absolute atomic E-state index is 10.9. The summed E-state index contributed by atoms with van der Waals surface area (Å²) in [5.41, 5.74) is 3.00. The second-order valence-electron chi connectivity index (χ2n) is 6.21. The molecule has 0 aliphatic carbocycles. The number of carbonyl (C=O) groups is 1. The normalized spacial score (nSPS) is 15.4. The van der Waals surface area contributed by atoms with Crippen molar-refractivity contribution in [1.29, 1.82) is 0 Å². The zero-order valence-electron chi connectivity index (χ0n) is 15.3. The number of ether oxygens (including phenoxy) is 1. The third kappa shape index (κ3) is 5.06. The SMILES string of the molecule is CCOc1c(C#CCC2NCSc3ccccc32)cccc1CCC(=O)O. The zero-order valence-corrected chi connectivity index (χ0v) is 16.1. The van der Waals surface area contributed by atoms with Gasteiger partial charge in [-0.2, -0.15) is 0 Å². The van der Waals surface area contributed by atoms with Crippen molar-refractivity contribution in [3.63, 3.8) is 0 Å². The molecule has 0 spiro atoms. The summed E-state index contributed by atoms with van der Waals surface area (Å²) >= 11 is 1.81. The smallest absolute Gasteiger partial charge is 0.303 e. The number of aryl methyl sites for hydroxylation is 1. The highest BCUT2D eigenvalue weighted by atomic mass is 32.2. The molecule has 0 bridgehead atoms. The molecule has 1 atom stereocenters. The molecule has 2 aromatic carbocycles. The van der Waals surface area contributed by atoms with E-state index in [-0.39, 0.29) is 12.5 Å². The quantitative estimate of drug-likeness (QED) is 0.733. The highest BCUT2D eigenvalue weighted by Gasteiger charge is 2.18. The number of benzene rings is 2. The summed E-state index contributed by atoms with van der Waals surface area (Å²) in [5, 5.41) is 12.5. The lowest BCUT2D eigenvalue weighted by molar-refractivity contribution is -0.136. The van der Waals surface area contributed by atoms with Gasteiger partial charge >= 0.3 is 5.97 Å². The van der Waals surface area contributed by atoms with E-state index >= 15 is 0 Å². The first-order valence-electron chi connectivity index (χ1n) is 9.09. The molecule has 0 fully saturated rings. The Morgan fingerprint density at radius 1 is 1.30 bits per heavy atom. The lowest BCUT2D eigenvalue weighted by Crippen LogP contribution is -2.24. The van der Waals surface area contributed by atoms with E-state index in [0.717, 1.165) is 17.0 Å². The van der Waals surface area contributed by atoms with Crippen molar-refractivity contribution in [3.05, 3.63) is 59.2 Å². The van der Waals surface area contributed by atoms with Gasteiger partial charge in [0.1, 0.15) is 5.75 Å². The molecule has 0 radical (unpaired) electrons. The molecule has 5 heteroatoms.